The first-order valence-electron chi connectivity index (χ1n) is 5.65. The maximum absolute atomic E-state index is 11.6. The van der Waals surface area contributed by atoms with Gasteiger partial charge in [0.15, 0.2) is 0 Å². The maximum Gasteiger partial charge on any atom is 0.264 e. The van der Waals surface area contributed by atoms with Crippen LogP contribution in [0.15, 0.2) is 35.1 Å². The highest BCUT2D eigenvalue weighted by Gasteiger charge is 2.31. The van der Waals surface area contributed by atoms with Crippen molar-refractivity contribution in [1.29, 1.82) is 0 Å². The molecule has 2 amide bonds. The quantitative estimate of drug-likeness (QED) is 0.451. The summed E-state index contributed by atoms with van der Waals surface area (Å²) in [5.74, 6) is -1.23. The summed E-state index contributed by atoms with van der Waals surface area (Å²) in [4.78, 5) is 23.4. The van der Waals surface area contributed by atoms with Crippen LogP contribution in [0.3, 0.4) is 0 Å². The van der Waals surface area contributed by atoms with Crippen molar-refractivity contribution in [3.05, 3.63) is 35.1 Å². The van der Waals surface area contributed by atoms with Gasteiger partial charge >= 0.3 is 0 Å². The molecule has 0 aromatic carbocycles. The third kappa shape index (κ3) is 2.72. The minimum absolute atomic E-state index is 0.0552. The Labute approximate surface area is 109 Å². The Morgan fingerprint density at radius 2 is 1.83 bits per heavy atom. The van der Waals surface area contributed by atoms with Crippen LogP contribution in [-0.4, -0.2) is 24.6 Å². The highest BCUT2D eigenvalue weighted by atomic mass is 16.2. The van der Waals surface area contributed by atoms with Gasteiger partial charge in [-0.15, -0.1) is 0 Å². The van der Waals surface area contributed by atoms with E-state index in [2.05, 4.69) is 20.8 Å². The van der Waals surface area contributed by atoms with E-state index in [-0.39, 0.29) is 16.7 Å². The zero-order valence-electron chi connectivity index (χ0n) is 11.2. The first-order valence-corrected chi connectivity index (χ1v) is 5.65. The first kappa shape index (κ1) is 14.3. The van der Waals surface area contributed by atoms with Crippen LogP contribution in [0, 0.1) is 5.41 Å². The second kappa shape index (κ2) is 4.84. The van der Waals surface area contributed by atoms with Crippen molar-refractivity contribution >= 4 is 19.8 Å². The van der Waals surface area contributed by atoms with Crippen molar-refractivity contribution in [1.82, 2.24) is 4.81 Å². The average molecular weight is 244 g/mol. The molecule has 5 heteroatoms. The van der Waals surface area contributed by atoms with Crippen molar-refractivity contribution in [2.75, 3.05) is 0 Å². The number of amides is 2. The monoisotopic (exact) mass is 244 g/mol. The zero-order valence-corrected chi connectivity index (χ0v) is 11.2. The van der Waals surface area contributed by atoms with Crippen LogP contribution in [0.1, 0.15) is 27.7 Å². The number of nitrogens with two attached hydrogens (primary N) is 1. The Bertz CT molecular complexity index is 482. The fraction of sp³-hybridized carbons (Fsp3) is 0.385. The van der Waals surface area contributed by atoms with Crippen LogP contribution < -0.4 is 5.73 Å². The Morgan fingerprint density at radius 3 is 2.22 bits per heavy atom. The van der Waals surface area contributed by atoms with Crippen LogP contribution in [0.2, 0.25) is 0 Å². The molecule has 2 N–H and O–H groups in total. The van der Waals surface area contributed by atoms with E-state index in [0.29, 0.717) is 4.81 Å². The summed E-state index contributed by atoms with van der Waals surface area (Å²) in [5.41, 5.74) is 6.76. The molecular formula is C13H17BN2O2. The summed E-state index contributed by atoms with van der Waals surface area (Å²) in [6.45, 7) is 8.27. The van der Waals surface area contributed by atoms with Crippen molar-refractivity contribution < 1.29 is 9.59 Å². The van der Waals surface area contributed by atoms with Crippen molar-refractivity contribution in [3.8, 4) is 0 Å². The average Bonchev–Trinajstić information content (AvgIpc) is 2.45. The molecule has 0 fully saturated rings. The maximum atomic E-state index is 11.6. The Balaban J connectivity index is 2.94. The van der Waals surface area contributed by atoms with E-state index < -0.39 is 11.8 Å². The topological polar surface area (TPSA) is 63.4 Å². The minimum Gasteiger partial charge on any atom is -0.394 e. The lowest BCUT2D eigenvalue weighted by Crippen LogP contribution is -2.29. The van der Waals surface area contributed by atoms with Gasteiger partial charge in [-0.2, -0.15) is 0 Å². The summed E-state index contributed by atoms with van der Waals surface area (Å²) in [6.07, 6.45) is 5.10. The van der Waals surface area contributed by atoms with Crippen LogP contribution in [-0.2, 0) is 9.59 Å². The molecule has 0 saturated carbocycles. The van der Waals surface area contributed by atoms with E-state index in [0.717, 1.165) is 5.57 Å². The molecule has 1 aliphatic heterocycles. The second-order valence-electron chi connectivity index (χ2n) is 5.27. The number of hydrogen-bond donors (Lipinski definition) is 1. The van der Waals surface area contributed by atoms with Gasteiger partial charge in [-0.05, 0) is 18.4 Å². The number of carbonyl (C=O) groups excluding carboxylic acids is 2. The predicted molar refractivity (Wildman–Crippen MR) is 71.2 cm³/mol. The second-order valence-corrected chi connectivity index (χ2v) is 5.27. The molecule has 0 unspecified atom stereocenters. The molecule has 0 saturated heterocycles. The molecule has 94 valence electrons. The molecule has 0 atom stereocenters. The van der Waals surface area contributed by atoms with Crippen molar-refractivity contribution in [2.45, 2.75) is 27.7 Å². The molecule has 0 aromatic heterocycles. The van der Waals surface area contributed by atoms with Gasteiger partial charge < -0.3 is 10.5 Å². The molecule has 0 spiro atoms. The number of hydrogen-bond acceptors (Lipinski definition) is 3. The van der Waals surface area contributed by atoms with Crippen molar-refractivity contribution in [2.24, 2.45) is 11.1 Å². The van der Waals surface area contributed by atoms with Gasteiger partial charge in [0.1, 0.15) is 5.70 Å². The molecule has 4 nitrogen and oxygen atoms in total. The first-order chi connectivity index (χ1) is 8.16. The molecule has 0 bridgehead atoms. The summed E-state index contributed by atoms with van der Waals surface area (Å²) < 4.78 is 0. The molecule has 2 radical (unpaired) electrons. The Hall–Kier alpha value is -1.78. The van der Waals surface area contributed by atoms with Crippen LogP contribution in [0.5, 0.6) is 0 Å². The van der Waals surface area contributed by atoms with E-state index in [1.54, 1.807) is 6.08 Å². The third-order valence-electron chi connectivity index (χ3n) is 2.98. The van der Waals surface area contributed by atoms with Gasteiger partial charge in [-0.3, -0.25) is 9.59 Å². The van der Waals surface area contributed by atoms with Crippen molar-refractivity contribution in [3.63, 3.8) is 0 Å². The highest BCUT2D eigenvalue weighted by molar-refractivity contribution is 6.35. The fourth-order valence-corrected chi connectivity index (χ4v) is 1.28. The SMILES string of the molecule is [B]N1C(=O)C(N)=C(/C=C\C=C(/C)C(C)(C)C)C1=O. The minimum atomic E-state index is -0.656. The number of imide groups is 1. The number of allylic oxidation sites excluding steroid dienone is 3. The largest absolute Gasteiger partial charge is 0.394 e. The lowest BCUT2D eigenvalue weighted by atomic mass is 9.87. The predicted octanol–water partition coefficient (Wildman–Crippen LogP) is 1.20. The lowest BCUT2D eigenvalue weighted by Gasteiger charge is -2.18. The third-order valence-corrected chi connectivity index (χ3v) is 2.98. The van der Waals surface area contributed by atoms with Gasteiger partial charge in [0.05, 0.1) is 5.57 Å². The van der Waals surface area contributed by atoms with E-state index >= 15 is 0 Å². The van der Waals surface area contributed by atoms with Gasteiger partial charge in [-0.1, -0.05) is 38.5 Å². The summed E-state index contributed by atoms with van der Waals surface area (Å²) in [7, 11) is 5.27. The van der Waals surface area contributed by atoms with Crippen LogP contribution in [0.25, 0.3) is 0 Å². The molecule has 1 rings (SSSR count). The van der Waals surface area contributed by atoms with E-state index in [9.17, 15) is 9.59 Å². The molecule has 18 heavy (non-hydrogen) atoms. The van der Waals surface area contributed by atoms with E-state index in [4.69, 9.17) is 13.7 Å². The number of rotatable bonds is 2. The summed E-state index contributed by atoms with van der Waals surface area (Å²) >= 11 is 0. The number of carbonyl (C=O) groups is 2. The summed E-state index contributed by atoms with van der Waals surface area (Å²) in [5, 5.41) is 0. The van der Waals surface area contributed by atoms with E-state index in [1.807, 2.05) is 13.0 Å². The molecule has 1 heterocycles. The smallest absolute Gasteiger partial charge is 0.264 e. The fourth-order valence-electron chi connectivity index (χ4n) is 1.28. The van der Waals surface area contributed by atoms with Gasteiger partial charge in [0, 0.05) is 0 Å². The van der Waals surface area contributed by atoms with Gasteiger partial charge in [0.25, 0.3) is 5.91 Å². The van der Waals surface area contributed by atoms with E-state index in [1.165, 1.54) is 6.08 Å². The van der Waals surface area contributed by atoms with Gasteiger partial charge in [0.2, 0.25) is 13.9 Å². The molecule has 0 aromatic rings. The Morgan fingerprint density at radius 1 is 1.28 bits per heavy atom. The highest BCUT2D eigenvalue weighted by Crippen LogP contribution is 2.24. The van der Waals surface area contributed by atoms with Crippen LogP contribution >= 0.6 is 0 Å². The molecular weight excluding hydrogens is 227 g/mol. The standard InChI is InChI=1S/C13H17BN2O2/c1-8(13(2,3)4)6-5-7-9-10(15)12(18)16(14)11(9)17/h5-7H,15H2,1-4H3/b7-5-,8-6+. The lowest BCUT2D eigenvalue weighted by molar-refractivity contribution is -0.131. The zero-order chi connectivity index (χ0) is 14.1. The molecule has 0 aliphatic carbocycles. The molecule has 1 aliphatic rings. The summed E-state index contributed by atoms with van der Waals surface area (Å²) in [6, 6.07) is 0. The Kier molecular flexibility index (Phi) is 3.84. The normalized spacial score (nSPS) is 18.4. The van der Waals surface area contributed by atoms with Gasteiger partial charge in [-0.25, -0.2) is 0 Å². The van der Waals surface area contributed by atoms with Crippen LogP contribution in [0.4, 0.5) is 0 Å². The number of nitrogens with zero attached hydrogens (tertiary/aromatic N) is 1.